The van der Waals surface area contributed by atoms with Crippen molar-refractivity contribution in [2.24, 2.45) is 5.10 Å². The molecule has 3 rings (SSSR count). The minimum atomic E-state index is -3.68. The molecule has 0 unspecified atom stereocenters. The van der Waals surface area contributed by atoms with E-state index in [4.69, 9.17) is 27.6 Å². The molecule has 1 amide bonds. The highest BCUT2D eigenvalue weighted by Gasteiger charge is 2.14. The van der Waals surface area contributed by atoms with Crippen molar-refractivity contribution < 1.29 is 17.6 Å². The molecule has 0 saturated carbocycles. The van der Waals surface area contributed by atoms with Crippen LogP contribution in [0.25, 0.3) is 0 Å². The van der Waals surface area contributed by atoms with Crippen molar-refractivity contribution in [3.8, 4) is 0 Å². The molecule has 1 heterocycles. The summed E-state index contributed by atoms with van der Waals surface area (Å²) in [6, 6.07) is 13.9. The Hall–Kier alpha value is -2.17. The highest BCUT2D eigenvalue weighted by molar-refractivity contribution is 9.10. The van der Waals surface area contributed by atoms with Crippen molar-refractivity contribution in [2.75, 3.05) is 0 Å². The molecule has 0 bridgehead atoms. The SMILES string of the molecule is O=C(N/N=C\c1ccc(CNS(=O)(=O)c2ccc(Br)cc2)o1)c1ccc(Cl)cc1Cl. The Labute approximate surface area is 191 Å². The fourth-order valence-corrected chi connectivity index (χ4v) is 4.06. The molecular formula is C19H14BrCl2N3O4S. The van der Waals surface area contributed by atoms with Crippen LogP contribution in [0.1, 0.15) is 21.9 Å². The first kappa shape index (κ1) is 22.5. The second kappa shape index (κ2) is 9.76. The van der Waals surface area contributed by atoms with Gasteiger partial charge in [-0.1, -0.05) is 39.1 Å². The van der Waals surface area contributed by atoms with E-state index in [-0.39, 0.29) is 22.0 Å². The lowest BCUT2D eigenvalue weighted by molar-refractivity contribution is 0.0955. The van der Waals surface area contributed by atoms with E-state index in [1.54, 1.807) is 30.3 Å². The van der Waals surface area contributed by atoms with Gasteiger partial charge in [-0.15, -0.1) is 0 Å². The van der Waals surface area contributed by atoms with Crippen molar-refractivity contribution in [3.63, 3.8) is 0 Å². The first-order valence-corrected chi connectivity index (χ1v) is 11.4. The predicted molar refractivity (Wildman–Crippen MR) is 118 cm³/mol. The predicted octanol–water partition coefficient (Wildman–Crippen LogP) is 4.59. The van der Waals surface area contributed by atoms with Gasteiger partial charge in [0.05, 0.1) is 28.2 Å². The maximum atomic E-state index is 12.3. The zero-order valence-corrected chi connectivity index (χ0v) is 19.0. The van der Waals surface area contributed by atoms with Crippen LogP contribution in [0.3, 0.4) is 0 Å². The Kier molecular flexibility index (Phi) is 7.32. The second-order valence-corrected chi connectivity index (χ2v) is 9.43. The Morgan fingerprint density at radius 1 is 1.10 bits per heavy atom. The van der Waals surface area contributed by atoms with Gasteiger partial charge >= 0.3 is 0 Å². The summed E-state index contributed by atoms with van der Waals surface area (Å²) in [4.78, 5) is 12.2. The van der Waals surface area contributed by atoms with Crippen molar-refractivity contribution in [3.05, 3.63) is 86.2 Å². The summed E-state index contributed by atoms with van der Waals surface area (Å²) in [6.45, 7) is -0.0427. The zero-order valence-electron chi connectivity index (χ0n) is 15.1. The summed E-state index contributed by atoms with van der Waals surface area (Å²) < 4.78 is 33.3. The quantitative estimate of drug-likeness (QED) is 0.344. The van der Waals surface area contributed by atoms with E-state index in [1.807, 2.05) is 0 Å². The van der Waals surface area contributed by atoms with Gasteiger partial charge in [-0.25, -0.2) is 18.6 Å². The largest absolute Gasteiger partial charge is 0.459 e. The van der Waals surface area contributed by atoms with E-state index in [1.165, 1.54) is 30.5 Å². The number of nitrogens with one attached hydrogen (secondary N) is 2. The van der Waals surface area contributed by atoms with Gasteiger partial charge in [-0.2, -0.15) is 5.10 Å². The van der Waals surface area contributed by atoms with Crippen molar-refractivity contribution >= 4 is 61.3 Å². The monoisotopic (exact) mass is 529 g/mol. The van der Waals surface area contributed by atoms with Crippen LogP contribution >= 0.6 is 39.1 Å². The summed E-state index contributed by atoms with van der Waals surface area (Å²) in [7, 11) is -3.68. The number of sulfonamides is 1. The molecule has 3 aromatic rings. The molecule has 30 heavy (non-hydrogen) atoms. The third-order valence-corrected chi connectivity index (χ3v) is 6.27. The van der Waals surface area contributed by atoms with Gasteiger partial charge in [-0.05, 0) is 54.6 Å². The number of carbonyl (C=O) groups excluding carboxylic acids is 1. The average Bonchev–Trinajstić information content (AvgIpc) is 3.14. The number of hydrazone groups is 1. The van der Waals surface area contributed by atoms with E-state index in [0.29, 0.717) is 16.5 Å². The van der Waals surface area contributed by atoms with Gasteiger partial charge in [0.25, 0.3) is 5.91 Å². The summed E-state index contributed by atoms with van der Waals surface area (Å²) >= 11 is 15.0. The molecule has 0 spiro atoms. The van der Waals surface area contributed by atoms with Gasteiger partial charge < -0.3 is 4.42 Å². The van der Waals surface area contributed by atoms with Crippen LogP contribution in [0.15, 0.2) is 73.5 Å². The first-order valence-electron chi connectivity index (χ1n) is 8.37. The van der Waals surface area contributed by atoms with E-state index in [9.17, 15) is 13.2 Å². The number of hydrogen-bond acceptors (Lipinski definition) is 5. The Bertz CT molecular complexity index is 1190. The molecule has 0 saturated heterocycles. The highest BCUT2D eigenvalue weighted by Crippen LogP contribution is 2.20. The third kappa shape index (κ3) is 5.93. The Morgan fingerprint density at radius 3 is 2.53 bits per heavy atom. The molecule has 11 heteroatoms. The number of halogens is 3. The molecule has 2 aromatic carbocycles. The molecule has 0 aliphatic heterocycles. The summed E-state index contributed by atoms with van der Waals surface area (Å²) in [5.41, 5.74) is 2.55. The van der Waals surface area contributed by atoms with Gasteiger partial charge in [0, 0.05) is 9.50 Å². The summed E-state index contributed by atoms with van der Waals surface area (Å²) in [5.74, 6) is 0.196. The van der Waals surface area contributed by atoms with Crippen LogP contribution in [0.2, 0.25) is 10.0 Å². The van der Waals surface area contributed by atoms with E-state index in [0.717, 1.165) is 4.47 Å². The molecular weight excluding hydrogens is 517 g/mol. The van der Waals surface area contributed by atoms with Crippen LogP contribution in [-0.4, -0.2) is 20.5 Å². The number of carbonyl (C=O) groups is 1. The average molecular weight is 531 g/mol. The van der Waals surface area contributed by atoms with E-state index in [2.05, 4.69) is 31.2 Å². The minimum absolute atomic E-state index is 0.0427. The number of furan rings is 1. The number of hydrogen-bond donors (Lipinski definition) is 2. The minimum Gasteiger partial charge on any atom is -0.459 e. The van der Waals surface area contributed by atoms with Crippen LogP contribution in [-0.2, 0) is 16.6 Å². The summed E-state index contributed by atoms with van der Waals surface area (Å²) in [5, 5.41) is 4.42. The molecule has 0 aliphatic rings. The lowest BCUT2D eigenvalue weighted by Gasteiger charge is -2.05. The van der Waals surface area contributed by atoms with Crippen molar-refractivity contribution in [1.82, 2.24) is 10.1 Å². The molecule has 156 valence electrons. The number of nitrogens with zero attached hydrogens (tertiary/aromatic N) is 1. The van der Waals surface area contributed by atoms with E-state index >= 15 is 0 Å². The highest BCUT2D eigenvalue weighted by atomic mass is 79.9. The molecule has 2 N–H and O–H groups in total. The second-order valence-electron chi connectivity index (χ2n) is 5.91. The Balaban J connectivity index is 1.57. The zero-order chi connectivity index (χ0) is 21.7. The molecule has 0 atom stereocenters. The number of benzene rings is 2. The van der Waals surface area contributed by atoms with Crippen molar-refractivity contribution in [1.29, 1.82) is 0 Å². The molecule has 0 fully saturated rings. The fraction of sp³-hybridized carbons (Fsp3) is 0.0526. The van der Waals surface area contributed by atoms with Crippen LogP contribution in [0.4, 0.5) is 0 Å². The normalized spacial score (nSPS) is 11.7. The standard InChI is InChI=1S/C19H14BrCl2N3O4S/c20-12-1-6-16(7-2-12)30(27,28)24-11-15-5-4-14(29-15)10-23-25-19(26)17-8-3-13(21)9-18(17)22/h1-10,24H,11H2,(H,25,26)/b23-10-. The van der Waals surface area contributed by atoms with Gasteiger partial charge in [0.15, 0.2) is 0 Å². The third-order valence-electron chi connectivity index (χ3n) is 3.78. The number of rotatable bonds is 7. The van der Waals surface area contributed by atoms with Gasteiger partial charge in [-0.3, -0.25) is 4.79 Å². The lowest BCUT2D eigenvalue weighted by atomic mass is 10.2. The van der Waals surface area contributed by atoms with Crippen LogP contribution in [0, 0.1) is 0 Å². The molecule has 0 radical (unpaired) electrons. The van der Waals surface area contributed by atoms with Gasteiger partial charge in [0.2, 0.25) is 10.0 Å². The molecule has 1 aromatic heterocycles. The van der Waals surface area contributed by atoms with Crippen LogP contribution < -0.4 is 10.1 Å². The van der Waals surface area contributed by atoms with E-state index < -0.39 is 15.9 Å². The molecule has 7 nitrogen and oxygen atoms in total. The maximum Gasteiger partial charge on any atom is 0.272 e. The fourth-order valence-electron chi connectivity index (χ4n) is 2.31. The molecule has 0 aliphatic carbocycles. The first-order chi connectivity index (χ1) is 14.2. The Morgan fingerprint density at radius 2 is 1.83 bits per heavy atom. The van der Waals surface area contributed by atoms with Crippen molar-refractivity contribution in [2.45, 2.75) is 11.4 Å². The lowest BCUT2D eigenvalue weighted by Crippen LogP contribution is -2.22. The van der Waals surface area contributed by atoms with Gasteiger partial charge in [0.1, 0.15) is 11.5 Å². The maximum absolute atomic E-state index is 12.3. The number of amides is 1. The topological polar surface area (TPSA) is 101 Å². The smallest absolute Gasteiger partial charge is 0.272 e. The summed E-state index contributed by atoms with van der Waals surface area (Å²) in [6.07, 6.45) is 1.29. The van der Waals surface area contributed by atoms with Crippen LogP contribution in [0.5, 0.6) is 0 Å².